The number of aryl methyl sites for hydroxylation is 2. The van der Waals surface area contributed by atoms with Crippen LogP contribution in [0.3, 0.4) is 0 Å². The summed E-state index contributed by atoms with van der Waals surface area (Å²) in [6, 6.07) is 17.2. The lowest BCUT2D eigenvalue weighted by Crippen LogP contribution is -2.35. The van der Waals surface area contributed by atoms with E-state index in [1.165, 1.54) is 75.3 Å². The van der Waals surface area contributed by atoms with E-state index in [9.17, 15) is 10.2 Å². The zero-order valence-electron chi connectivity index (χ0n) is 27.0. The fourth-order valence-electron chi connectivity index (χ4n) is 4.98. The average molecular weight is 585 g/mol. The topological polar surface area (TPSA) is 83.0 Å². The monoisotopic (exact) mass is 584 g/mol. The lowest BCUT2D eigenvalue weighted by Gasteiger charge is -2.16. The van der Waals surface area contributed by atoms with Crippen LogP contribution in [0.15, 0.2) is 48.5 Å². The fraction of sp³-hybridized carbons (Fsp3) is 0.667. The van der Waals surface area contributed by atoms with Gasteiger partial charge in [0, 0.05) is 25.2 Å². The highest BCUT2D eigenvalue weighted by atomic mass is 16.5. The summed E-state index contributed by atoms with van der Waals surface area (Å²) in [5.74, 6) is 1.82. The number of benzene rings is 2. The van der Waals surface area contributed by atoms with Crippen molar-refractivity contribution in [1.82, 2.24) is 10.6 Å². The van der Waals surface area contributed by atoms with Crippen LogP contribution in [0.1, 0.15) is 103 Å². The number of nitrogens with one attached hydrogen (secondary N) is 2. The number of aliphatic hydroxyl groups is 2. The Morgan fingerprint density at radius 3 is 1.21 bits per heavy atom. The van der Waals surface area contributed by atoms with Gasteiger partial charge in [-0.05, 0) is 48.9 Å². The van der Waals surface area contributed by atoms with Gasteiger partial charge in [-0.25, -0.2) is 0 Å². The van der Waals surface area contributed by atoms with E-state index < -0.39 is 12.2 Å². The minimum Gasteiger partial charge on any atom is -0.491 e. The van der Waals surface area contributed by atoms with Gasteiger partial charge in [-0.3, -0.25) is 0 Å². The van der Waals surface area contributed by atoms with E-state index in [0.29, 0.717) is 38.4 Å². The Hall–Kier alpha value is -2.12. The van der Waals surface area contributed by atoms with Crippen LogP contribution in [0.5, 0.6) is 11.5 Å². The van der Waals surface area contributed by atoms with Crippen molar-refractivity contribution >= 4 is 0 Å². The van der Waals surface area contributed by atoms with E-state index in [0.717, 1.165) is 24.3 Å². The molecule has 0 aliphatic carbocycles. The van der Waals surface area contributed by atoms with E-state index in [-0.39, 0.29) is 0 Å². The quantitative estimate of drug-likeness (QED) is 0.0956. The molecule has 0 aliphatic rings. The first-order chi connectivity index (χ1) is 20.3. The van der Waals surface area contributed by atoms with Gasteiger partial charge in [-0.2, -0.15) is 0 Å². The van der Waals surface area contributed by atoms with Gasteiger partial charge >= 0.3 is 0 Å². The van der Waals surface area contributed by atoms with Crippen LogP contribution in [-0.4, -0.2) is 60.8 Å². The molecule has 2 rings (SSSR count). The number of para-hydroxylation sites is 2. The van der Waals surface area contributed by atoms with Crippen LogP contribution in [0.2, 0.25) is 0 Å². The largest absolute Gasteiger partial charge is 0.491 e. The van der Waals surface area contributed by atoms with Crippen LogP contribution in [0.25, 0.3) is 0 Å². The van der Waals surface area contributed by atoms with E-state index in [2.05, 4.69) is 62.6 Å². The Bertz CT molecular complexity index is 861. The Kier molecular flexibility index (Phi) is 19.3. The lowest BCUT2D eigenvalue weighted by molar-refractivity contribution is 0.104. The first kappa shape index (κ1) is 36.1. The molecular weight excluding hydrogens is 524 g/mol. The molecule has 0 heterocycles. The number of aliphatic hydroxyl groups excluding tert-OH is 2. The molecule has 4 N–H and O–H groups in total. The van der Waals surface area contributed by atoms with Gasteiger partial charge in [0.05, 0.1) is 0 Å². The lowest BCUT2D eigenvalue weighted by atomic mass is 10.0. The highest BCUT2D eigenvalue weighted by Crippen LogP contribution is 2.23. The maximum atomic E-state index is 10.1. The molecule has 0 aromatic heterocycles. The smallest absolute Gasteiger partial charge is 0.122 e. The molecule has 0 saturated carbocycles. The highest BCUT2D eigenvalue weighted by Gasteiger charge is 2.10. The van der Waals surface area contributed by atoms with Crippen molar-refractivity contribution in [3.05, 3.63) is 59.7 Å². The second kappa shape index (κ2) is 22.4. The molecule has 6 nitrogen and oxygen atoms in total. The molecule has 0 radical (unpaired) electrons. The summed E-state index contributed by atoms with van der Waals surface area (Å²) in [6.45, 7) is 10.0. The molecule has 0 saturated heterocycles. The van der Waals surface area contributed by atoms with Crippen molar-refractivity contribution in [3.8, 4) is 11.5 Å². The first-order valence-corrected chi connectivity index (χ1v) is 16.6. The number of ether oxygens (including phenoxy) is 2. The first-order valence-electron chi connectivity index (χ1n) is 16.6. The summed E-state index contributed by atoms with van der Waals surface area (Å²) in [6.07, 6.45) is 13.8. The summed E-state index contributed by atoms with van der Waals surface area (Å²) >= 11 is 0. The van der Waals surface area contributed by atoms with Crippen LogP contribution in [0.4, 0.5) is 0 Å². The average Bonchev–Trinajstić information content (AvgIpc) is 2.98. The highest BCUT2D eigenvalue weighted by molar-refractivity contribution is 5.34. The molecule has 0 spiro atoms. The van der Waals surface area contributed by atoms with E-state index >= 15 is 0 Å². The molecule has 0 amide bonds. The third-order valence-electron chi connectivity index (χ3n) is 7.47. The minimum absolute atomic E-state index is 0.320. The number of unbranched alkanes of at least 4 members (excludes halogenated alkanes) is 9. The van der Waals surface area contributed by atoms with Crippen molar-refractivity contribution < 1.29 is 19.7 Å². The van der Waals surface area contributed by atoms with E-state index in [4.69, 9.17) is 9.47 Å². The maximum absolute atomic E-state index is 10.1. The molecule has 238 valence electrons. The number of hydrogen-bond acceptors (Lipinski definition) is 6. The molecule has 0 fully saturated rings. The van der Waals surface area contributed by atoms with Crippen LogP contribution in [-0.2, 0) is 12.8 Å². The maximum Gasteiger partial charge on any atom is 0.122 e. The SMILES string of the molecule is CC(C)NC[C@H](O)COc1ccccc1CCCCCCCCCCCCc1ccccc1OC[C@@H](O)CNC(C)C. The van der Waals surface area contributed by atoms with E-state index in [1.807, 2.05) is 24.3 Å². The van der Waals surface area contributed by atoms with Gasteiger partial charge in [0.25, 0.3) is 0 Å². The molecule has 2 aromatic carbocycles. The van der Waals surface area contributed by atoms with Gasteiger partial charge in [-0.1, -0.05) is 115 Å². The summed E-state index contributed by atoms with van der Waals surface area (Å²) in [7, 11) is 0. The fourth-order valence-corrected chi connectivity index (χ4v) is 4.98. The predicted octanol–water partition coefficient (Wildman–Crippen LogP) is 6.85. The van der Waals surface area contributed by atoms with Crippen LogP contribution < -0.4 is 20.1 Å². The summed E-state index contributed by atoms with van der Waals surface area (Å²) in [5, 5.41) is 26.8. The number of rotatable bonds is 25. The molecule has 2 atom stereocenters. The summed E-state index contributed by atoms with van der Waals surface area (Å²) < 4.78 is 11.9. The second-order valence-electron chi connectivity index (χ2n) is 12.3. The minimum atomic E-state index is -0.500. The zero-order chi connectivity index (χ0) is 30.4. The Labute approximate surface area is 256 Å². The summed E-state index contributed by atoms with van der Waals surface area (Å²) in [4.78, 5) is 0. The molecule has 0 aliphatic heterocycles. The van der Waals surface area contributed by atoms with Crippen molar-refractivity contribution in [2.24, 2.45) is 0 Å². The second-order valence-corrected chi connectivity index (χ2v) is 12.3. The van der Waals surface area contributed by atoms with Gasteiger partial charge < -0.3 is 30.3 Å². The standard InChI is InChI=1S/C36H60N2O4/c1-29(2)37-25-33(39)27-41-35-23-17-15-21-31(35)19-13-11-9-7-5-6-8-10-12-14-20-32-22-16-18-24-36(32)42-28-34(40)26-38-30(3)4/h15-18,21-24,29-30,33-34,37-40H,5-14,19-20,25-28H2,1-4H3/t33-,34-/m0/s1. The normalized spacial score (nSPS) is 13.0. The van der Waals surface area contributed by atoms with Crippen LogP contribution >= 0.6 is 0 Å². The van der Waals surface area contributed by atoms with E-state index in [1.54, 1.807) is 0 Å². The molecule has 0 bridgehead atoms. The third kappa shape index (κ3) is 17.1. The molecule has 0 unspecified atom stereocenters. The third-order valence-corrected chi connectivity index (χ3v) is 7.47. The van der Waals surface area contributed by atoms with Crippen molar-refractivity contribution in [2.45, 2.75) is 129 Å². The Balaban J connectivity index is 1.49. The molecule has 42 heavy (non-hydrogen) atoms. The van der Waals surface area contributed by atoms with Crippen molar-refractivity contribution in [2.75, 3.05) is 26.3 Å². The molecular formula is C36H60N2O4. The van der Waals surface area contributed by atoms with Gasteiger partial charge in [0.15, 0.2) is 0 Å². The molecule has 2 aromatic rings. The Morgan fingerprint density at radius 1 is 0.524 bits per heavy atom. The van der Waals surface area contributed by atoms with Crippen molar-refractivity contribution in [1.29, 1.82) is 0 Å². The van der Waals surface area contributed by atoms with Crippen molar-refractivity contribution in [3.63, 3.8) is 0 Å². The number of hydrogen-bond donors (Lipinski definition) is 4. The predicted molar refractivity (Wildman–Crippen MR) is 176 cm³/mol. The Morgan fingerprint density at radius 2 is 0.857 bits per heavy atom. The van der Waals surface area contributed by atoms with Crippen LogP contribution in [0, 0.1) is 0 Å². The van der Waals surface area contributed by atoms with Gasteiger partial charge in [-0.15, -0.1) is 0 Å². The molecule has 6 heteroatoms. The van der Waals surface area contributed by atoms with Gasteiger partial charge in [0.2, 0.25) is 0 Å². The van der Waals surface area contributed by atoms with Gasteiger partial charge in [0.1, 0.15) is 36.9 Å². The zero-order valence-corrected chi connectivity index (χ0v) is 27.0. The summed E-state index contributed by atoms with van der Waals surface area (Å²) in [5.41, 5.74) is 2.49.